The van der Waals surface area contributed by atoms with E-state index in [9.17, 15) is 9.90 Å². The Kier molecular flexibility index (Phi) is 1.20. The highest BCUT2D eigenvalue weighted by molar-refractivity contribution is 6.08. The van der Waals surface area contributed by atoms with E-state index in [1.807, 2.05) is 0 Å². The maximum absolute atomic E-state index is 11.0. The van der Waals surface area contributed by atoms with Crippen molar-refractivity contribution < 1.29 is 9.90 Å². The second kappa shape index (κ2) is 2.07. The van der Waals surface area contributed by atoms with Gasteiger partial charge in [0.1, 0.15) is 0 Å². The summed E-state index contributed by atoms with van der Waals surface area (Å²) in [5.41, 5.74) is 1.08. The Morgan fingerprint density at radius 2 is 2.00 bits per heavy atom. The van der Waals surface area contributed by atoms with Gasteiger partial charge in [0.2, 0.25) is 5.91 Å². The Morgan fingerprint density at radius 1 is 1.27 bits per heavy atom. The van der Waals surface area contributed by atoms with E-state index in [1.54, 1.807) is 24.3 Å². The smallest absolute Gasteiger partial charge is 0.218 e. The molecule has 3 heteroatoms. The third kappa shape index (κ3) is 0.816. The van der Waals surface area contributed by atoms with Gasteiger partial charge >= 0.3 is 0 Å². The first kappa shape index (κ1) is 6.37. The normalized spacial score (nSPS) is 16.3. The first-order chi connectivity index (χ1) is 5.29. The van der Waals surface area contributed by atoms with Crippen molar-refractivity contribution in [2.75, 3.05) is 5.32 Å². The van der Waals surface area contributed by atoms with Crippen molar-refractivity contribution in [1.82, 2.24) is 0 Å². The van der Waals surface area contributed by atoms with Crippen LogP contribution in [0.25, 0.3) is 0 Å². The molecule has 3 nitrogen and oxygen atoms in total. The second-order valence-electron chi connectivity index (χ2n) is 2.33. The summed E-state index contributed by atoms with van der Waals surface area (Å²) in [5, 5.41) is 13.4. The molecule has 0 saturated heterocycles. The average Bonchev–Trinajstić information content (AvgIpc) is 2.30. The number of rotatable bonds is 0. The van der Waals surface area contributed by atoms with Gasteiger partial charge in [-0.25, -0.2) is 0 Å². The fourth-order valence-corrected chi connectivity index (χ4v) is 1.09. The molecule has 0 fully saturated rings. The number of para-hydroxylation sites is 1. The molecule has 0 atom stereocenters. The zero-order valence-electron chi connectivity index (χ0n) is 5.63. The first-order valence-electron chi connectivity index (χ1n) is 3.24. The van der Waals surface area contributed by atoms with Gasteiger partial charge in [0.25, 0.3) is 0 Å². The maximum Gasteiger partial charge on any atom is 0.218 e. The summed E-state index contributed by atoms with van der Waals surface area (Å²) in [7, 11) is 0. The number of benzene rings is 1. The molecule has 0 saturated carbocycles. The first-order valence-corrected chi connectivity index (χ1v) is 3.24. The number of anilines is 1. The minimum Gasteiger partial charge on any atom is -0.839 e. The zero-order valence-corrected chi connectivity index (χ0v) is 5.63. The van der Waals surface area contributed by atoms with Crippen LogP contribution >= 0.6 is 0 Å². The summed E-state index contributed by atoms with van der Waals surface area (Å²) in [6, 6.07) is 6.85. The molecule has 11 heavy (non-hydrogen) atoms. The van der Waals surface area contributed by atoms with Crippen LogP contribution in [0.5, 0.6) is 0 Å². The number of hydrogen-bond acceptors (Lipinski definition) is 2. The lowest BCUT2D eigenvalue weighted by Gasteiger charge is -2.10. The third-order valence-electron chi connectivity index (χ3n) is 1.63. The van der Waals surface area contributed by atoms with Gasteiger partial charge in [-0.15, -0.1) is 0 Å². The van der Waals surface area contributed by atoms with Gasteiger partial charge in [-0.05, 0) is 11.6 Å². The van der Waals surface area contributed by atoms with Gasteiger partial charge in [0.05, 0.1) is 0 Å². The van der Waals surface area contributed by atoms with Crippen LogP contribution in [-0.2, 0) is 4.79 Å². The van der Waals surface area contributed by atoms with Crippen LogP contribution in [0.1, 0.15) is 5.56 Å². The predicted molar refractivity (Wildman–Crippen MR) is 37.4 cm³/mol. The van der Waals surface area contributed by atoms with E-state index < -0.39 is 12.0 Å². The molecule has 55 valence electrons. The van der Waals surface area contributed by atoms with Crippen molar-refractivity contribution in [3.8, 4) is 0 Å². The van der Waals surface area contributed by atoms with Crippen LogP contribution in [0.3, 0.4) is 0 Å². The molecule has 1 radical (unpaired) electrons. The van der Waals surface area contributed by atoms with Gasteiger partial charge in [-0.3, -0.25) is 4.79 Å². The minimum atomic E-state index is -0.536. The Bertz CT molecular complexity index is 309. The topological polar surface area (TPSA) is 52.2 Å². The fourth-order valence-electron chi connectivity index (χ4n) is 1.09. The largest absolute Gasteiger partial charge is 0.839 e. The molecule has 1 aliphatic rings. The highest BCUT2D eigenvalue weighted by Gasteiger charge is 2.20. The maximum atomic E-state index is 11.0. The molecule has 1 heterocycles. The minimum absolute atomic E-state index is 0.444. The summed E-state index contributed by atoms with van der Waals surface area (Å²) in [4.78, 5) is 10.8. The SMILES string of the molecule is O=C1Nc2ccccc2[C]1[O-]. The van der Waals surface area contributed by atoms with E-state index in [1.165, 1.54) is 0 Å². The molecule has 0 aromatic heterocycles. The molecule has 1 aliphatic heterocycles. The summed E-state index contributed by atoms with van der Waals surface area (Å²) >= 11 is 0. The van der Waals surface area contributed by atoms with Crippen LogP contribution in [0.2, 0.25) is 0 Å². The Morgan fingerprint density at radius 3 is 2.73 bits per heavy atom. The van der Waals surface area contributed by atoms with Crippen molar-refractivity contribution in [3.05, 3.63) is 35.9 Å². The van der Waals surface area contributed by atoms with Crippen LogP contribution in [-0.4, -0.2) is 5.91 Å². The number of fused-ring (bicyclic) bond motifs is 1. The standard InChI is InChI=1S/C8H5NO2/c10-7-5-3-1-2-4-6(5)9-8(7)11/h1-4H,(H,9,11)/q-1. The number of hydrogen-bond donors (Lipinski definition) is 1. The van der Waals surface area contributed by atoms with E-state index in [-0.39, 0.29) is 0 Å². The third-order valence-corrected chi connectivity index (χ3v) is 1.63. The Labute approximate surface area is 63.7 Å². The molecular weight excluding hydrogens is 142 g/mol. The monoisotopic (exact) mass is 147 g/mol. The number of amides is 1. The number of carbonyl (C=O) groups excluding carboxylic acids is 1. The van der Waals surface area contributed by atoms with Crippen LogP contribution in [0.4, 0.5) is 5.69 Å². The Hall–Kier alpha value is -1.35. The summed E-state index contributed by atoms with van der Waals surface area (Å²) < 4.78 is 0. The van der Waals surface area contributed by atoms with E-state index in [0.29, 0.717) is 11.3 Å². The van der Waals surface area contributed by atoms with Crippen molar-refractivity contribution in [3.63, 3.8) is 0 Å². The van der Waals surface area contributed by atoms with Crippen molar-refractivity contribution in [2.24, 2.45) is 0 Å². The molecule has 1 amide bonds. The van der Waals surface area contributed by atoms with Gasteiger partial charge < -0.3 is 10.4 Å². The number of carbonyl (C=O) groups is 1. The fraction of sp³-hybridized carbons (Fsp3) is 0. The summed E-state index contributed by atoms with van der Waals surface area (Å²) in [6.07, 6.45) is -0.444. The molecule has 0 bridgehead atoms. The van der Waals surface area contributed by atoms with Crippen LogP contribution in [0, 0.1) is 6.10 Å². The van der Waals surface area contributed by atoms with E-state index >= 15 is 0 Å². The predicted octanol–water partition coefficient (Wildman–Crippen LogP) is -0.121. The lowest BCUT2D eigenvalue weighted by molar-refractivity contribution is -0.332. The zero-order chi connectivity index (χ0) is 7.84. The number of nitrogens with one attached hydrogen (secondary N) is 1. The molecule has 1 aromatic carbocycles. The Balaban J connectivity index is 2.55. The van der Waals surface area contributed by atoms with E-state index in [0.717, 1.165) is 0 Å². The van der Waals surface area contributed by atoms with Crippen molar-refractivity contribution >= 4 is 11.6 Å². The lowest BCUT2D eigenvalue weighted by Crippen LogP contribution is -2.24. The highest BCUT2D eigenvalue weighted by atomic mass is 16.3. The molecule has 0 aliphatic carbocycles. The van der Waals surface area contributed by atoms with Crippen LogP contribution < -0.4 is 10.4 Å². The van der Waals surface area contributed by atoms with Gasteiger partial charge in [0.15, 0.2) is 0 Å². The quantitative estimate of drug-likeness (QED) is 0.556. The van der Waals surface area contributed by atoms with Crippen molar-refractivity contribution in [2.45, 2.75) is 0 Å². The molecule has 0 unspecified atom stereocenters. The lowest BCUT2D eigenvalue weighted by atomic mass is 10.1. The molecule has 2 rings (SSSR count). The van der Waals surface area contributed by atoms with Gasteiger partial charge in [-0.1, -0.05) is 18.2 Å². The van der Waals surface area contributed by atoms with Crippen molar-refractivity contribution in [1.29, 1.82) is 0 Å². The van der Waals surface area contributed by atoms with E-state index in [2.05, 4.69) is 5.32 Å². The van der Waals surface area contributed by atoms with E-state index in [4.69, 9.17) is 0 Å². The molecular formula is C8H5NO2-. The van der Waals surface area contributed by atoms with Gasteiger partial charge in [-0.2, -0.15) is 0 Å². The van der Waals surface area contributed by atoms with Gasteiger partial charge in [0, 0.05) is 11.8 Å². The summed E-state index contributed by atoms with van der Waals surface area (Å²) in [6.45, 7) is 0. The molecule has 1 aromatic rings. The van der Waals surface area contributed by atoms with Crippen LogP contribution in [0.15, 0.2) is 24.3 Å². The highest BCUT2D eigenvalue weighted by Crippen LogP contribution is 2.26. The second-order valence-corrected chi connectivity index (χ2v) is 2.33. The average molecular weight is 147 g/mol. The summed E-state index contributed by atoms with van der Waals surface area (Å²) in [5.74, 6) is -0.536. The molecule has 0 spiro atoms. The molecule has 1 N–H and O–H groups in total.